The fourth-order valence-electron chi connectivity index (χ4n) is 2.68. The molecule has 0 bridgehead atoms. The fourth-order valence-corrected chi connectivity index (χ4v) is 4.28. The molecular formula is C14H20N2O2S. The van der Waals surface area contributed by atoms with Gasteiger partial charge in [-0.05, 0) is 56.3 Å². The van der Waals surface area contributed by atoms with E-state index in [1.54, 1.807) is 6.07 Å². The predicted molar refractivity (Wildman–Crippen MR) is 74.6 cm³/mol. The summed E-state index contributed by atoms with van der Waals surface area (Å²) in [4.78, 5) is 0.482. The Labute approximate surface area is 114 Å². The van der Waals surface area contributed by atoms with E-state index in [4.69, 9.17) is 0 Å². The summed E-state index contributed by atoms with van der Waals surface area (Å²) >= 11 is 0. The molecule has 0 spiro atoms. The number of rotatable bonds is 4. The number of benzene rings is 1. The molecule has 5 heteroatoms. The molecule has 1 saturated heterocycles. The first kappa shape index (κ1) is 13.1. The second-order valence-corrected chi connectivity index (χ2v) is 7.14. The monoisotopic (exact) mass is 280 g/mol. The van der Waals surface area contributed by atoms with Gasteiger partial charge in [0.05, 0.1) is 4.90 Å². The van der Waals surface area contributed by atoms with Crippen molar-refractivity contribution in [3.8, 4) is 0 Å². The number of nitrogens with one attached hydrogen (secondary N) is 2. The molecule has 0 aromatic heterocycles. The van der Waals surface area contributed by atoms with Crippen molar-refractivity contribution < 1.29 is 8.42 Å². The van der Waals surface area contributed by atoms with Gasteiger partial charge in [0, 0.05) is 6.04 Å². The Hall–Kier alpha value is -0.910. The molecule has 1 aromatic carbocycles. The van der Waals surface area contributed by atoms with E-state index in [0.717, 1.165) is 44.3 Å². The zero-order valence-electron chi connectivity index (χ0n) is 10.9. The van der Waals surface area contributed by atoms with E-state index >= 15 is 0 Å². The molecule has 2 fully saturated rings. The summed E-state index contributed by atoms with van der Waals surface area (Å²) in [6, 6.07) is 7.49. The maximum atomic E-state index is 12.5. The third-order valence-electron chi connectivity index (χ3n) is 3.89. The van der Waals surface area contributed by atoms with Crippen LogP contribution in [0.4, 0.5) is 0 Å². The second kappa shape index (κ2) is 5.23. The van der Waals surface area contributed by atoms with Crippen LogP contribution in [0.2, 0.25) is 0 Å². The maximum Gasteiger partial charge on any atom is 0.241 e. The molecule has 1 heterocycles. The molecular weight excluding hydrogens is 260 g/mol. The smallest absolute Gasteiger partial charge is 0.241 e. The molecule has 4 nitrogen and oxygen atoms in total. The van der Waals surface area contributed by atoms with Crippen molar-refractivity contribution >= 4 is 10.0 Å². The quantitative estimate of drug-likeness (QED) is 0.880. The molecule has 0 unspecified atom stereocenters. The lowest BCUT2D eigenvalue weighted by Crippen LogP contribution is -2.42. The van der Waals surface area contributed by atoms with Crippen LogP contribution in [0.5, 0.6) is 0 Å². The van der Waals surface area contributed by atoms with Crippen molar-refractivity contribution in [2.45, 2.75) is 42.5 Å². The summed E-state index contributed by atoms with van der Waals surface area (Å²) in [5.74, 6) is 0.445. The van der Waals surface area contributed by atoms with E-state index in [1.165, 1.54) is 0 Å². The molecule has 1 aromatic rings. The van der Waals surface area contributed by atoms with Gasteiger partial charge in [-0.15, -0.1) is 0 Å². The summed E-state index contributed by atoms with van der Waals surface area (Å²) in [6.07, 6.45) is 3.95. The Balaban J connectivity index is 1.83. The first-order chi connectivity index (χ1) is 9.17. The van der Waals surface area contributed by atoms with Gasteiger partial charge in [-0.1, -0.05) is 18.2 Å². The fraction of sp³-hybridized carbons (Fsp3) is 0.571. The van der Waals surface area contributed by atoms with E-state index in [2.05, 4.69) is 10.0 Å². The van der Waals surface area contributed by atoms with Crippen LogP contribution in [-0.4, -0.2) is 27.5 Å². The summed E-state index contributed by atoms with van der Waals surface area (Å²) < 4.78 is 27.9. The van der Waals surface area contributed by atoms with Gasteiger partial charge in [-0.3, -0.25) is 0 Å². The number of piperidine rings is 1. The SMILES string of the molecule is O=S(=O)(NC1CCNCC1)c1ccccc1C1CC1. The van der Waals surface area contributed by atoms with Crippen LogP contribution in [-0.2, 0) is 10.0 Å². The van der Waals surface area contributed by atoms with Crippen LogP contribution in [0.1, 0.15) is 37.2 Å². The molecule has 1 aliphatic carbocycles. The molecule has 1 aliphatic heterocycles. The Kier molecular flexibility index (Phi) is 3.60. The van der Waals surface area contributed by atoms with Gasteiger partial charge >= 0.3 is 0 Å². The highest BCUT2D eigenvalue weighted by Gasteiger charge is 2.31. The molecule has 3 rings (SSSR count). The third-order valence-corrected chi connectivity index (χ3v) is 5.48. The highest BCUT2D eigenvalue weighted by Crippen LogP contribution is 2.42. The van der Waals surface area contributed by atoms with E-state index in [-0.39, 0.29) is 6.04 Å². The molecule has 19 heavy (non-hydrogen) atoms. The van der Waals surface area contributed by atoms with Crippen molar-refractivity contribution in [3.05, 3.63) is 29.8 Å². The first-order valence-electron chi connectivity index (χ1n) is 6.99. The molecule has 0 amide bonds. The van der Waals surface area contributed by atoms with Crippen LogP contribution in [0.15, 0.2) is 29.2 Å². The lowest BCUT2D eigenvalue weighted by molar-refractivity contribution is 0.427. The average molecular weight is 280 g/mol. The van der Waals surface area contributed by atoms with Gasteiger partial charge in [-0.25, -0.2) is 13.1 Å². The maximum absolute atomic E-state index is 12.5. The minimum atomic E-state index is -3.37. The van der Waals surface area contributed by atoms with E-state index in [0.29, 0.717) is 10.8 Å². The largest absolute Gasteiger partial charge is 0.317 e. The Morgan fingerprint density at radius 1 is 1.05 bits per heavy atom. The molecule has 1 saturated carbocycles. The Bertz CT molecular complexity index is 546. The minimum absolute atomic E-state index is 0.0681. The van der Waals surface area contributed by atoms with Crippen LogP contribution in [0, 0.1) is 0 Å². The molecule has 2 aliphatic rings. The minimum Gasteiger partial charge on any atom is -0.317 e. The van der Waals surface area contributed by atoms with Crippen LogP contribution in [0.25, 0.3) is 0 Å². The van der Waals surface area contributed by atoms with E-state index in [1.807, 2.05) is 18.2 Å². The molecule has 2 N–H and O–H groups in total. The summed E-state index contributed by atoms with van der Waals surface area (Å²) in [6.45, 7) is 1.77. The van der Waals surface area contributed by atoms with Crippen molar-refractivity contribution in [3.63, 3.8) is 0 Å². The van der Waals surface area contributed by atoms with Crippen molar-refractivity contribution in [1.82, 2.24) is 10.0 Å². The standard InChI is InChI=1S/C14H20N2O2S/c17-19(18,16-12-7-9-15-10-8-12)14-4-2-1-3-13(14)11-5-6-11/h1-4,11-12,15-16H,5-10H2. The van der Waals surface area contributed by atoms with E-state index in [9.17, 15) is 8.42 Å². The number of hydrogen-bond acceptors (Lipinski definition) is 3. The first-order valence-corrected chi connectivity index (χ1v) is 8.47. The van der Waals surface area contributed by atoms with Crippen LogP contribution in [0.3, 0.4) is 0 Å². The van der Waals surface area contributed by atoms with Crippen LogP contribution >= 0.6 is 0 Å². The van der Waals surface area contributed by atoms with Gasteiger partial charge in [-0.2, -0.15) is 0 Å². The predicted octanol–water partition coefficient (Wildman–Crippen LogP) is 1.59. The van der Waals surface area contributed by atoms with Crippen molar-refractivity contribution in [2.75, 3.05) is 13.1 Å². The topological polar surface area (TPSA) is 58.2 Å². The lowest BCUT2D eigenvalue weighted by Gasteiger charge is -2.24. The summed E-state index contributed by atoms with van der Waals surface area (Å²) in [5.41, 5.74) is 0.990. The zero-order chi connectivity index (χ0) is 13.3. The second-order valence-electron chi connectivity index (χ2n) is 5.46. The van der Waals surface area contributed by atoms with Crippen molar-refractivity contribution in [1.29, 1.82) is 0 Å². The van der Waals surface area contributed by atoms with Gasteiger partial charge < -0.3 is 5.32 Å². The highest BCUT2D eigenvalue weighted by molar-refractivity contribution is 7.89. The molecule has 104 valence electrons. The lowest BCUT2D eigenvalue weighted by atomic mass is 10.1. The normalized spacial score (nSPS) is 21.5. The van der Waals surface area contributed by atoms with Crippen LogP contribution < -0.4 is 10.0 Å². The van der Waals surface area contributed by atoms with Gasteiger partial charge in [0.25, 0.3) is 0 Å². The molecule has 0 radical (unpaired) electrons. The Morgan fingerprint density at radius 3 is 2.42 bits per heavy atom. The molecule has 0 atom stereocenters. The third kappa shape index (κ3) is 2.99. The van der Waals surface area contributed by atoms with Gasteiger partial charge in [0.2, 0.25) is 10.0 Å². The number of sulfonamides is 1. The van der Waals surface area contributed by atoms with Gasteiger partial charge in [0.15, 0.2) is 0 Å². The zero-order valence-corrected chi connectivity index (χ0v) is 11.7. The summed E-state index contributed by atoms with van der Waals surface area (Å²) in [5, 5.41) is 3.25. The Morgan fingerprint density at radius 2 is 1.74 bits per heavy atom. The summed E-state index contributed by atoms with van der Waals surface area (Å²) in [7, 11) is -3.37. The average Bonchev–Trinajstić information content (AvgIpc) is 3.24. The highest BCUT2D eigenvalue weighted by atomic mass is 32.2. The van der Waals surface area contributed by atoms with E-state index < -0.39 is 10.0 Å². The van der Waals surface area contributed by atoms with Crippen molar-refractivity contribution in [2.24, 2.45) is 0 Å². The number of hydrogen-bond donors (Lipinski definition) is 2. The van der Waals surface area contributed by atoms with Gasteiger partial charge in [0.1, 0.15) is 0 Å².